The maximum absolute atomic E-state index is 12.3. The summed E-state index contributed by atoms with van der Waals surface area (Å²) in [6.07, 6.45) is 1.32. The minimum absolute atomic E-state index is 0.0193. The van der Waals surface area contributed by atoms with Gasteiger partial charge < -0.3 is 9.42 Å². The van der Waals surface area contributed by atoms with Gasteiger partial charge in [-0.15, -0.1) is 0 Å². The third kappa shape index (κ3) is 4.22. The van der Waals surface area contributed by atoms with Gasteiger partial charge in [-0.05, 0) is 13.3 Å². The summed E-state index contributed by atoms with van der Waals surface area (Å²) in [5.74, 6) is -0.134. The molecule has 0 aliphatic carbocycles. The fraction of sp³-hybridized carbons (Fsp3) is 0.667. The average Bonchev–Trinajstić information content (AvgIpc) is 2.99. The molecule has 1 saturated heterocycles. The highest BCUT2D eigenvalue weighted by Gasteiger charge is 2.34. The fourth-order valence-electron chi connectivity index (χ4n) is 2.36. The monoisotopic (exact) mass is 365 g/mol. The summed E-state index contributed by atoms with van der Waals surface area (Å²) in [6, 6.07) is 0.974. The molecule has 11 heteroatoms. The molecule has 1 fully saturated rings. The predicted octanol–water partition coefficient (Wildman–Crippen LogP) is -0.605. The molecule has 0 bridgehead atoms. The van der Waals surface area contributed by atoms with Crippen LogP contribution >= 0.6 is 0 Å². The van der Waals surface area contributed by atoms with Crippen molar-refractivity contribution in [2.75, 3.05) is 35.7 Å². The number of amides is 1. The molecule has 0 spiro atoms. The molecule has 1 atom stereocenters. The minimum Gasteiger partial charge on any atom is -0.360 e. The molecule has 0 aromatic carbocycles. The second-order valence-corrected chi connectivity index (χ2v) is 9.76. The summed E-state index contributed by atoms with van der Waals surface area (Å²) in [6.45, 7) is 1.14. The zero-order valence-corrected chi connectivity index (χ0v) is 14.7. The van der Waals surface area contributed by atoms with Gasteiger partial charge >= 0.3 is 0 Å². The number of hydrogen-bond acceptors (Lipinski definition) is 7. The lowest BCUT2D eigenvalue weighted by atomic mass is 10.2. The predicted molar refractivity (Wildman–Crippen MR) is 83.3 cm³/mol. The van der Waals surface area contributed by atoms with E-state index in [0.717, 1.165) is 10.6 Å². The number of hydrogen-bond donors (Lipinski definition) is 0. The summed E-state index contributed by atoms with van der Waals surface area (Å²) in [7, 11) is -5.39. The molecule has 0 saturated carbocycles. The maximum atomic E-state index is 12.3. The quantitative estimate of drug-likeness (QED) is 0.683. The number of anilines is 1. The molecule has 1 aromatic rings. The molecule has 1 amide bonds. The SMILES string of the molecule is Cc1cc(N(CC(=O)N(C)C2CCS(=O)(=O)C2)S(C)(=O)=O)no1. The highest BCUT2D eigenvalue weighted by atomic mass is 32.2. The topological polar surface area (TPSA) is 118 Å². The van der Waals surface area contributed by atoms with Crippen LogP contribution in [0.4, 0.5) is 5.82 Å². The highest BCUT2D eigenvalue weighted by molar-refractivity contribution is 7.92. The van der Waals surface area contributed by atoms with Crippen molar-refractivity contribution in [1.29, 1.82) is 0 Å². The number of sulfonamides is 1. The molecule has 1 aromatic heterocycles. The van der Waals surface area contributed by atoms with Crippen LogP contribution in [0.2, 0.25) is 0 Å². The van der Waals surface area contributed by atoms with Gasteiger partial charge in [0.15, 0.2) is 15.7 Å². The van der Waals surface area contributed by atoms with E-state index >= 15 is 0 Å². The van der Waals surface area contributed by atoms with Crippen molar-refractivity contribution in [3.05, 3.63) is 11.8 Å². The molecule has 1 aliphatic rings. The highest BCUT2D eigenvalue weighted by Crippen LogP contribution is 2.20. The molecule has 23 heavy (non-hydrogen) atoms. The number of likely N-dealkylation sites (N-methyl/N-ethyl adjacent to an activating group) is 1. The van der Waals surface area contributed by atoms with E-state index in [1.54, 1.807) is 6.92 Å². The second-order valence-electron chi connectivity index (χ2n) is 5.63. The van der Waals surface area contributed by atoms with Crippen LogP contribution in [0.25, 0.3) is 0 Å². The van der Waals surface area contributed by atoms with Gasteiger partial charge in [0, 0.05) is 19.2 Å². The van der Waals surface area contributed by atoms with E-state index in [-0.39, 0.29) is 17.3 Å². The normalized spacial score (nSPS) is 20.4. The summed E-state index contributed by atoms with van der Waals surface area (Å²) < 4.78 is 52.5. The van der Waals surface area contributed by atoms with Crippen molar-refractivity contribution >= 4 is 31.6 Å². The number of rotatable bonds is 5. The zero-order valence-electron chi connectivity index (χ0n) is 13.1. The average molecular weight is 365 g/mol. The van der Waals surface area contributed by atoms with Crippen LogP contribution in [-0.4, -0.2) is 70.2 Å². The summed E-state index contributed by atoms with van der Waals surface area (Å²) >= 11 is 0. The fourth-order valence-corrected chi connectivity index (χ4v) is 4.90. The molecular formula is C12H19N3O6S2. The van der Waals surface area contributed by atoms with Crippen LogP contribution < -0.4 is 4.31 Å². The molecule has 0 radical (unpaired) electrons. The lowest BCUT2D eigenvalue weighted by Gasteiger charge is -2.26. The maximum Gasteiger partial charge on any atom is 0.243 e. The lowest BCUT2D eigenvalue weighted by Crippen LogP contribution is -2.45. The van der Waals surface area contributed by atoms with Gasteiger partial charge in [0.2, 0.25) is 15.9 Å². The van der Waals surface area contributed by atoms with Gasteiger partial charge in [-0.3, -0.25) is 4.79 Å². The van der Waals surface area contributed by atoms with Gasteiger partial charge in [0.25, 0.3) is 0 Å². The lowest BCUT2D eigenvalue weighted by molar-refractivity contribution is -0.129. The van der Waals surface area contributed by atoms with Crippen molar-refractivity contribution in [3.8, 4) is 0 Å². The second kappa shape index (κ2) is 6.11. The Morgan fingerprint density at radius 1 is 1.48 bits per heavy atom. The third-order valence-corrected chi connectivity index (χ3v) is 6.57. The van der Waals surface area contributed by atoms with Gasteiger partial charge in [-0.2, -0.15) is 0 Å². The van der Waals surface area contributed by atoms with Crippen molar-refractivity contribution in [2.45, 2.75) is 19.4 Å². The van der Waals surface area contributed by atoms with Crippen molar-refractivity contribution in [1.82, 2.24) is 10.1 Å². The Bertz CT molecular complexity index is 799. The molecule has 0 N–H and O–H groups in total. The summed E-state index contributed by atoms with van der Waals surface area (Å²) in [4.78, 5) is 13.6. The Morgan fingerprint density at radius 2 is 2.13 bits per heavy atom. The Balaban J connectivity index is 2.15. The van der Waals surface area contributed by atoms with Gasteiger partial charge in [-0.25, -0.2) is 21.1 Å². The van der Waals surface area contributed by atoms with E-state index in [0.29, 0.717) is 12.2 Å². The molecular weight excluding hydrogens is 346 g/mol. The first-order valence-electron chi connectivity index (χ1n) is 6.87. The van der Waals surface area contributed by atoms with E-state index in [1.807, 2.05) is 0 Å². The van der Waals surface area contributed by atoms with E-state index in [2.05, 4.69) is 5.16 Å². The number of aryl methyl sites for hydroxylation is 1. The van der Waals surface area contributed by atoms with Crippen LogP contribution in [0.15, 0.2) is 10.6 Å². The zero-order chi connectivity index (χ0) is 17.4. The number of nitrogens with zero attached hydrogens (tertiary/aromatic N) is 3. The molecule has 9 nitrogen and oxygen atoms in total. The van der Waals surface area contributed by atoms with E-state index in [1.165, 1.54) is 18.0 Å². The number of sulfone groups is 1. The minimum atomic E-state index is -3.73. The summed E-state index contributed by atoms with van der Waals surface area (Å²) in [5, 5.41) is 3.62. The molecule has 2 heterocycles. The van der Waals surface area contributed by atoms with Crippen LogP contribution in [0.3, 0.4) is 0 Å². The largest absolute Gasteiger partial charge is 0.360 e. The Morgan fingerprint density at radius 3 is 2.57 bits per heavy atom. The van der Waals surface area contributed by atoms with Crippen molar-refractivity contribution in [2.24, 2.45) is 0 Å². The van der Waals surface area contributed by atoms with Crippen LogP contribution in [0, 0.1) is 6.92 Å². The van der Waals surface area contributed by atoms with Crippen LogP contribution in [0.5, 0.6) is 0 Å². The third-order valence-electron chi connectivity index (χ3n) is 3.70. The van der Waals surface area contributed by atoms with Gasteiger partial charge in [0.1, 0.15) is 12.3 Å². The first-order valence-corrected chi connectivity index (χ1v) is 10.5. The number of carbonyl (C=O) groups excluding carboxylic acids is 1. The molecule has 130 valence electrons. The number of aromatic nitrogens is 1. The number of carbonyl (C=O) groups is 1. The van der Waals surface area contributed by atoms with Crippen molar-refractivity contribution < 1.29 is 26.2 Å². The summed E-state index contributed by atoms with van der Waals surface area (Å²) in [5.41, 5.74) is 0. The molecule has 1 aliphatic heterocycles. The van der Waals surface area contributed by atoms with Crippen LogP contribution in [-0.2, 0) is 24.7 Å². The van der Waals surface area contributed by atoms with Gasteiger partial charge in [-0.1, -0.05) is 5.16 Å². The van der Waals surface area contributed by atoms with Crippen molar-refractivity contribution in [3.63, 3.8) is 0 Å². The Kier molecular flexibility index (Phi) is 4.71. The molecule has 1 unspecified atom stereocenters. The standard InChI is InChI=1S/C12H19N3O6S2/c1-9-6-11(13-21-9)15(22(3,17)18)7-12(16)14(2)10-4-5-23(19,20)8-10/h6,10H,4-5,7-8H2,1-3H3. The van der Waals surface area contributed by atoms with Crippen LogP contribution in [0.1, 0.15) is 12.2 Å². The first kappa shape index (κ1) is 17.7. The van der Waals surface area contributed by atoms with E-state index < -0.39 is 38.4 Å². The van der Waals surface area contributed by atoms with E-state index in [4.69, 9.17) is 4.52 Å². The Labute approximate surface area is 135 Å². The first-order chi connectivity index (χ1) is 10.5. The van der Waals surface area contributed by atoms with Gasteiger partial charge in [0.05, 0.1) is 17.8 Å². The smallest absolute Gasteiger partial charge is 0.243 e. The molecule has 2 rings (SSSR count). The van der Waals surface area contributed by atoms with E-state index in [9.17, 15) is 21.6 Å². The Hall–Kier alpha value is -1.62.